The number of benzene rings is 1. The molecule has 16 heavy (non-hydrogen) atoms. The van der Waals surface area contributed by atoms with Crippen LogP contribution in [0, 0.1) is 0 Å². The molecule has 0 spiro atoms. The lowest BCUT2D eigenvalue weighted by atomic mass is 10.0. The first-order chi connectivity index (χ1) is 7.50. The molecule has 88 valence electrons. The number of nitrogens with one attached hydrogen (secondary N) is 1. The molecular weight excluding hydrogens is 210 g/mol. The van der Waals surface area contributed by atoms with E-state index < -0.39 is 12.2 Å². The van der Waals surface area contributed by atoms with Gasteiger partial charge in [-0.3, -0.25) is 4.79 Å². The van der Waals surface area contributed by atoms with Gasteiger partial charge >= 0.3 is 0 Å². The average molecular weight is 225 g/mol. The van der Waals surface area contributed by atoms with E-state index in [-0.39, 0.29) is 18.2 Å². The largest absolute Gasteiger partial charge is 0.508 e. The van der Waals surface area contributed by atoms with Crippen LogP contribution >= 0.6 is 0 Å². The van der Waals surface area contributed by atoms with Gasteiger partial charge in [0.1, 0.15) is 18.0 Å². The van der Waals surface area contributed by atoms with Crippen LogP contribution in [0.3, 0.4) is 0 Å². The second-order valence-electron chi connectivity index (χ2n) is 3.54. The first kappa shape index (κ1) is 12.5. The van der Waals surface area contributed by atoms with Gasteiger partial charge in [-0.25, -0.2) is 0 Å². The van der Waals surface area contributed by atoms with Crippen molar-refractivity contribution in [3.63, 3.8) is 0 Å². The second-order valence-corrected chi connectivity index (χ2v) is 3.54. The Bertz CT molecular complexity index is 367. The summed E-state index contributed by atoms with van der Waals surface area (Å²) in [6.45, 7) is 1.29. The zero-order valence-electron chi connectivity index (χ0n) is 8.92. The Morgan fingerprint density at radius 2 is 2.12 bits per heavy atom. The smallest absolute Gasteiger partial charge is 0.216 e. The third-order valence-corrected chi connectivity index (χ3v) is 2.14. The Hall–Kier alpha value is -1.59. The standard InChI is InChI=1S/C11H15NO4/c1-7(13)12-6-10(15)11(16)8-3-2-4-9(14)5-8/h2-5,10-11,14-16H,6H2,1H3,(H,12,13). The molecule has 0 radical (unpaired) electrons. The number of amides is 1. The van der Waals surface area contributed by atoms with Crippen LogP contribution in [-0.4, -0.2) is 33.9 Å². The quantitative estimate of drug-likeness (QED) is 0.577. The van der Waals surface area contributed by atoms with E-state index in [1.54, 1.807) is 12.1 Å². The average Bonchev–Trinajstić information content (AvgIpc) is 2.24. The molecule has 1 aromatic rings. The van der Waals surface area contributed by atoms with Crippen molar-refractivity contribution in [2.75, 3.05) is 6.54 Å². The minimum absolute atomic E-state index is 0.0169. The molecular formula is C11H15NO4. The van der Waals surface area contributed by atoms with Crippen LogP contribution < -0.4 is 5.32 Å². The minimum atomic E-state index is -1.14. The van der Waals surface area contributed by atoms with E-state index in [4.69, 9.17) is 0 Å². The summed E-state index contributed by atoms with van der Waals surface area (Å²) in [4.78, 5) is 10.6. The van der Waals surface area contributed by atoms with Crippen molar-refractivity contribution in [3.05, 3.63) is 29.8 Å². The summed E-state index contributed by atoms with van der Waals surface area (Å²) < 4.78 is 0. The van der Waals surface area contributed by atoms with Gasteiger partial charge in [0.2, 0.25) is 5.91 Å². The molecule has 5 nitrogen and oxygen atoms in total. The summed E-state index contributed by atoms with van der Waals surface area (Å²) in [5.41, 5.74) is 0.401. The lowest BCUT2D eigenvalue weighted by Crippen LogP contribution is -2.34. The zero-order valence-corrected chi connectivity index (χ0v) is 8.92. The van der Waals surface area contributed by atoms with Crippen LogP contribution in [0.1, 0.15) is 18.6 Å². The van der Waals surface area contributed by atoms with E-state index in [9.17, 15) is 20.1 Å². The number of aliphatic hydroxyl groups is 2. The highest BCUT2D eigenvalue weighted by molar-refractivity contribution is 5.72. The van der Waals surface area contributed by atoms with Gasteiger partial charge in [-0.05, 0) is 17.7 Å². The molecule has 0 aromatic heterocycles. The molecule has 0 fully saturated rings. The lowest BCUT2D eigenvalue weighted by Gasteiger charge is -2.18. The predicted octanol–water partition coefficient (Wildman–Crippen LogP) is -0.0774. The molecule has 5 heteroatoms. The van der Waals surface area contributed by atoms with Gasteiger partial charge < -0.3 is 20.6 Å². The zero-order chi connectivity index (χ0) is 12.1. The normalized spacial score (nSPS) is 14.2. The van der Waals surface area contributed by atoms with Crippen LogP contribution in [-0.2, 0) is 4.79 Å². The maximum Gasteiger partial charge on any atom is 0.216 e. The molecule has 0 heterocycles. The molecule has 0 bridgehead atoms. The van der Waals surface area contributed by atoms with Crippen LogP contribution in [0.25, 0.3) is 0 Å². The second kappa shape index (κ2) is 5.48. The third-order valence-electron chi connectivity index (χ3n) is 2.14. The maximum absolute atomic E-state index is 10.6. The monoisotopic (exact) mass is 225 g/mol. The molecule has 4 N–H and O–H groups in total. The highest BCUT2D eigenvalue weighted by Crippen LogP contribution is 2.20. The number of hydrogen-bond acceptors (Lipinski definition) is 4. The van der Waals surface area contributed by atoms with E-state index in [0.717, 1.165) is 0 Å². The van der Waals surface area contributed by atoms with Crippen LogP contribution in [0.4, 0.5) is 0 Å². The van der Waals surface area contributed by atoms with Crippen molar-refractivity contribution in [2.45, 2.75) is 19.1 Å². The van der Waals surface area contributed by atoms with E-state index in [0.29, 0.717) is 5.56 Å². The van der Waals surface area contributed by atoms with E-state index >= 15 is 0 Å². The van der Waals surface area contributed by atoms with Crippen molar-refractivity contribution in [1.29, 1.82) is 0 Å². The Morgan fingerprint density at radius 1 is 1.44 bits per heavy atom. The third kappa shape index (κ3) is 3.52. The van der Waals surface area contributed by atoms with Crippen LogP contribution in [0.5, 0.6) is 5.75 Å². The van der Waals surface area contributed by atoms with Gasteiger partial charge in [-0.1, -0.05) is 12.1 Å². The summed E-state index contributed by atoms with van der Waals surface area (Å²) in [7, 11) is 0. The van der Waals surface area contributed by atoms with E-state index in [2.05, 4.69) is 5.32 Å². The number of aliphatic hydroxyl groups excluding tert-OH is 2. The molecule has 1 rings (SSSR count). The molecule has 0 saturated carbocycles. The van der Waals surface area contributed by atoms with E-state index in [1.807, 2.05) is 0 Å². The van der Waals surface area contributed by atoms with Gasteiger partial charge in [-0.2, -0.15) is 0 Å². The Labute approximate surface area is 93.4 Å². The fraction of sp³-hybridized carbons (Fsp3) is 0.364. The van der Waals surface area contributed by atoms with Gasteiger partial charge in [-0.15, -0.1) is 0 Å². The number of rotatable bonds is 4. The number of aromatic hydroxyl groups is 1. The molecule has 0 aliphatic carbocycles. The summed E-state index contributed by atoms with van der Waals surface area (Å²) >= 11 is 0. The van der Waals surface area contributed by atoms with Crippen molar-refractivity contribution >= 4 is 5.91 Å². The van der Waals surface area contributed by atoms with Gasteiger partial charge in [0.05, 0.1) is 0 Å². The van der Waals surface area contributed by atoms with Crippen molar-refractivity contribution in [1.82, 2.24) is 5.32 Å². The minimum Gasteiger partial charge on any atom is -0.508 e. The molecule has 2 unspecified atom stereocenters. The Kier molecular flexibility index (Phi) is 4.28. The summed E-state index contributed by atoms with van der Waals surface area (Å²) in [5, 5.41) is 30.9. The number of carbonyl (C=O) groups excluding carboxylic acids is 1. The lowest BCUT2D eigenvalue weighted by molar-refractivity contribution is -0.119. The Balaban J connectivity index is 2.62. The molecule has 0 aliphatic rings. The molecule has 1 aromatic carbocycles. The van der Waals surface area contributed by atoms with Crippen LogP contribution in [0.15, 0.2) is 24.3 Å². The molecule has 2 atom stereocenters. The summed E-state index contributed by atoms with van der Waals surface area (Å²) in [6, 6.07) is 5.98. The number of hydrogen-bond donors (Lipinski definition) is 4. The summed E-state index contributed by atoms with van der Waals surface area (Å²) in [5.74, 6) is -0.259. The highest BCUT2D eigenvalue weighted by Gasteiger charge is 2.18. The number of carbonyl (C=O) groups is 1. The predicted molar refractivity (Wildman–Crippen MR) is 57.8 cm³/mol. The molecule has 0 saturated heterocycles. The highest BCUT2D eigenvalue weighted by atomic mass is 16.3. The maximum atomic E-state index is 10.6. The van der Waals surface area contributed by atoms with Crippen LogP contribution in [0.2, 0.25) is 0 Å². The van der Waals surface area contributed by atoms with Crippen molar-refractivity contribution in [2.24, 2.45) is 0 Å². The molecule has 1 amide bonds. The van der Waals surface area contributed by atoms with E-state index in [1.165, 1.54) is 19.1 Å². The van der Waals surface area contributed by atoms with Gasteiger partial charge in [0.15, 0.2) is 0 Å². The van der Waals surface area contributed by atoms with Gasteiger partial charge in [0, 0.05) is 13.5 Å². The van der Waals surface area contributed by atoms with Gasteiger partial charge in [0.25, 0.3) is 0 Å². The van der Waals surface area contributed by atoms with Crippen molar-refractivity contribution < 1.29 is 20.1 Å². The number of phenolic OH excluding ortho intramolecular Hbond substituents is 1. The SMILES string of the molecule is CC(=O)NCC(O)C(O)c1cccc(O)c1. The fourth-order valence-corrected chi connectivity index (χ4v) is 1.29. The summed E-state index contributed by atoms with van der Waals surface area (Å²) in [6.07, 6.45) is -2.25. The topological polar surface area (TPSA) is 89.8 Å². The first-order valence-electron chi connectivity index (χ1n) is 4.90. The Morgan fingerprint density at radius 3 is 2.69 bits per heavy atom. The first-order valence-corrected chi connectivity index (χ1v) is 4.90. The van der Waals surface area contributed by atoms with Crippen molar-refractivity contribution in [3.8, 4) is 5.75 Å². The fourth-order valence-electron chi connectivity index (χ4n) is 1.29. The number of phenols is 1. The molecule has 0 aliphatic heterocycles.